The van der Waals surface area contributed by atoms with Gasteiger partial charge in [0.05, 0.1) is 75.7 Å². The minimum atomic E-state index is -1.91. The SMILES string of the molecule is C[C@@H]1NC(=O)[C@@H](CC(C)(O)CNC(=O)CCOCCOCCOCCOCCNC(=O)OC2CC/C=C/CCC2)NC(=O)[C@@H]2Cc3c([nH]c4ccccc34)SC[C@@H](NC(=O)[C@@H]([C@H](C)O)NC1=O)C(=O)N1C[C@H](O)C[C@H]1C(=O)N[C@@H](C)C(=O)N2. The van der Waals surface area contributed by atoms with Crippen molar-refractivity contribution in [2.45, 2.75) is 157 Å². The lowest BCUT2D eigenvalue weighted by atomic mass is 9.95. The minimum absolute atomic E-state index is 0.00145. The standard InChI is InChI=1S/C55H82N10O17S/c1-32-46(69)60-40-27-38-37-14-10-11-15-39(37)63-52(38)83-30-42(53(75)65-29-35(67)26-43(65)50(73)59-32)62-51(74)45(34(3)66)64-47(70)33(2)58-49(72)41(61-48(40)71)28-55(4,77)31-57-44(68)16-18-78-20-22-80-24-25-81-23-21-79-19-17-56-54(76)82-36-12-8-6-5-7-9-13-36/h5-6,10-11,14-15,32-36,40-43,45,63,66-67,77H,7-9,12-13,16-31H2,1-4H3,(H,56,76)(H,57,68)(H,58,72)(H,59,73)(H,60,69)(H,61,71)(H,62,74)(H,64,70)/b6-5+/t32-,33-,34-,35+,36?,40-,41+,42+,43-,45+,55?/m0/s1. The number of aromatic amines is 1. The highest BCUT2D eigenvalue weighted by Crippen LogP contribution is 2.32. The highest BCUT2D eigenvalue weighted by molar-refractivity contribution is 7.99. The second-order valence-corrected chi connectivity index (χ2v) is 22.4. The Bertz CT molecular complexity index is 2580. The number of ether oxygens (including phenoxy) is 5. The first-order chi connectivity index (χ1) is 39.7. The molecular weight excluding hydrogens is 1100 g/mol. The number of allylic oxidation sites excluding steroid dienone is 2. The van der Waals surface area contributed by atoms with Crippen molar-refractivity contribution in [2.24, 2.45) is 0 Å². The number of amides is 9. The van der Waals surface area contributed by atoms with Gasteiger partial charge in [-0.15, -0.1) is 11.8 Å². The van der Waals surface area contributed by atoms with E-state index in [-0.39, 0.29) is 64.1 Å². The number of carbonyl (C=O) groups is 9. The lowest BCUT2D eigenvalue weighted by molar-refractivity contribution is -0.142. The number of fused-ring (bicyclic) bond motifs is 5. The summed E-state index contributed by atoms with van der Waals surface area (Å²) in [6.45, 7) is 6.70. The molecule has 0 saturated carbocycles. The molecule has 4 heterocycles. The number of nitrogens with one attached hydrogen (secondary N) is 9. The Morgan fingerprint density at radius 2 is 1.40 bits per heavy atom. The molecule has 460 valence electrons. The maximum Gasteiger partial charge on any atom is 0.407 e. The van der Waals surface area contributed by atoms with E-state index in [9.17, 15) is 58.5 Å². The van der Waals surface area contributed by atoms with Gasteiger partial charge in [-0.2, -0.15) is 0 Å². The van der Waals surface area contributed by atoms with Crippen molar-refractivity contribution in [1.82, 2.24) is 52.4 Å². The Kier molecular flexibility index (Phi) is 25.8. The summed E-state index contributed by atoms with van der Waals surface area (Å²) in [5.74, 6) is -7.00. The van der Waals surface area contributed by atoms with Crippen LogP contribution in [0.1, 0.15) is 84.6 Å². The van der Waals surface area contributed by atoms with E-state index in [1.807, 2.05) is 0 Å². The molecule has 3 aliphatic heterocycles. The van der Waals surface area contributed by atoms with Crippen molar-refractivity contribution < 1.29 is 82.2 Å². The summed E-state index contributed by atoms with van der Waals surface area (Å²) >= 11 is 1.07. The Morgan fingerprint density at radius 1 is 0.759 bits per heavy atom. The van der Waals surface area contributed by atoms with Gasteiger partial charge in [0.25, 0.3) is 0 Å². The molecule has 1 aromatic heterocycles. The van der Waals surface area contributed by atoms with Gasteiger partial charge in [0.1, 0.15) is 48.4 Å². The molecule has 1 fully saturated rings. The largest absolute Gasteiger partial charge is 0.446 e. The van der Waals surface area contributed by atoms with Crippen LogP contribution in [0.25, 0.3) is 10.9 Å². The Hall–Kier alpha value is -6.40. The fourth-order valence-electron chi connectivity index (χ4n) is 9.72. The molecule has 2 aromatic rings. The number of benzene rings is 1. The maximum atomic E-state index is 14.7. The van der Waals surface area contributed by atoms with Gasteiger partial charge in [-0.25, -0.2) is 4.79 Å². The lowest BCUT2D eigenvalue weighted by Gasteiger charge is -2.31. The minimum Gasteiger partial charge on any atom is -0.446 e. The molecule has 6 rings (SSSR count). The second kappa shape index (κ2) is 32.6. The summed E-state index contributed by atoms with van der Waals surface area (Å²) in [5.41, 5.74) is -0.813. The first-order valence-electron chi connectivity index (χ1n) is 28.3. The second-order valence-electron chi connectivity index (χ2n) is 21.4. The van der Waals surface area contributed by atoms with Crippen LogP contribution in [0.15, 0.2) is 41.4 Å². The number of para-hydroxylation sites is 1. The summed E-state index contributed by atoms with van der Waals surface area (Å²) < 4.78 is 27.6. The van der Waals surface area contributed by atoms with E-state index in [0.29, 0.717) is 54.5 Å². The molecule has 4 aliphatic rings. The van der Waals surface area contributed by atoms with E-state index in [4.69, 9.17) is 23.7 Å². The molecule has 1 aromatic carbocycles. The summed E-state index contributed by atoms with van der Waals surface area (Å²) in [5, 5.41) is 55.1. The third-order valence-electron chi connectivity index (χ3n) is 14.3. The normalized spacial score (nSPS) is 26.7. The van der Waals surface area contributed by atoms with Gasteiger partial charge >= 0.3 is 6.09 Å². The van der Waals surface area contributed by atoms with E-state index < -0.39 is 126 Å². The Morgan fingerprint density at radius 3 is 2.11 bits per heavy atom. The zero-order chi connectivity index (χ0) is 60.1. The van der Waals surface area contributed by atoms with Crippen LogP contribution in [0.3, 0.4) is 0 Å². The van der Waals surface area contributed by atoms with E-state index in [1.54, 1.807) is 24.3 Å². The van der Waals surface area contributed by atoms with Crippen LogP contribution in [-0.4, -0.2) is 223 Å². The number of aromatic nitrogens is 1. The summed E-state index contributed by atoms with van der Waals surface area (Å²) in [6, 6.07) is -3.27. The molecule has 0 radical (unpaired) electrons. The highest BCUT2D eigenvalue weighted by atomic mass is 32.2. The molecule has 2 bridgehead atoms. The predicted octanol–water partition coefficient (Wildman–Crippen LogP) is -1.55. The molecule has 28 heteroatoms. The molecule has 9 amide bonds. The summed E-state index contributed by atoms with van der Waals surface area (Å²) in [7, 11) is 0. The number of carbonyl (C=O) groups excluding carboxylic acids is 9. The maximum absolute atomic E-state index is 14.7. The van der Waals surface area contributed by atoms with Gasteiger partial charge in [-0.3, -0.25) is 38.4 Å². The van der Waals surface area contributed by atoms with Gasteiger partial charge in [0, 0.05) is 62.0 Å². The van der Waals surface area contributed by atoms with Crippen molar-refractivity contribution in [2.75, 3.05) is 78.2 Å². The number of rotatable bonds is 21. The Balaban J connectivity index is 1.05. The average molecular weight is 1190 g/mol. The molecule has 2 unspecified atom stereocenters. The third-order valence-corrected chi connectivity index (χ3v) is 15.4. The van der Waals surface area contributed by atoms with Crippen LogP contribution in [0.2, 0.25) is 0 Å². The molecule has 27 nitrogen and oxygen atoms in total. The van der Waals surface area contributed by atoms with Crippen LogP contribution < -0.4 is 42.5 Å². The van der Waals surface area contributed by atoms with E-state index >= 15 is 0 Å². The van der Waals surface area contributed by atoms with Crippen LogP contribution in [0.5, 0.6) is 0 Å². The van der Waals surface area contributed by atoms with Gasteiger partial charge in [-0.1, -0.05) is 30.4 Å². The number of thioether (sulfide) groups is 1. The predicted molar refractivity (Wildman–Crippen MR) is 300 cm³/mol. The van der Waals surface area contributed by atoms with Crippen molar-refractivity contribution in [3.05, 3.63) is 42.0 Å². The molecule has 1 saturated heterocycles. The smallest absolute Gasteiger partial charge is 0.407 e. The first kappa shape index (κ1) is 65.7. The number of hydrogen-bond donors (Lipinski definition) is 12. The highest BCUT2D eigenvalue weighted by Gasteiger charge is 2.44. The molecule has 12 N–H and O–H groups in total. The fraction of sp³-hybridized carbons (Fsp3) is 0.655. The molecular formula is C55H82N10O17S. The third kappa shape index (κ3) is 20.7. The van der Waals surface area contributed by atoms with Gasteiger partial charge in [0.2, 0.25) is 47.3 Å². The number of aliphatic hydroxyl groups excluding tert-OH is 2. The van der Waals surface area contributed by atoms with Crippen LogP contribution in [0.4, 0.5) is 4.79 Å². The van der Waals surface area contributed by atoms with Crippen LogP contribution >= 0.6 is 11.8 Å². The van der Waals surface area contributed by atoms with Crippen molar-refractivity contribution in [3.8, 4) is 0 Å². The quantitative estimate of drug-likeness (QED) is 0.0497. The van der Waals surface area contributed by atoms with Crippen molar-refractivity contribution >= 4 is 76.0 Å². The number of H-pyrrole nitrogens is 1. The monoisotopic (exact) mass is 1190 g/mol. The lowest BCUT2D eigenvalue weighted by Crippen LogP contribution is -2.62. The summed E-state index contributed by atoms with van der Waals surface area (Å²) in [4.78, 5) is 129. The van der Waals surface area contributed by atoms with E-state index in [2.05, 4.69) is 59.7 Å². The van der Waals surface area contributed by atoms with Crippen molar-refractivity contribution in [1.29, 1.82) is 0 Å². The first-order valence-corrected chi connectivity index (χ1v) is 29.3. The van der Waals surface area contributed by atoms with Crippen molar-refractivity contribution in [3.63, 3.8) is 0 Å². The average Bonchev–Trinajstić information content (AvgIpc) is 4.26. The van der Waals surface area contributed by atoms with E-state index in [1.165, 1.54) is 27.7 Å². The van der Waals surface area contributed by atoms with Gasteiger partial charge < -0.3 is 91.4 Å². The van der Waals surface area contributed by atoms with E-state index in [0.717, 1.165) is 48.8 Å². The van der Waals surface area contributed by atoms with Gasteiger partial charge in [0.15, 0.2) is 0 Å². The fourth-order valence-corrected chi connectivity index (χ4v) is 10.8. The van der Waals surface area contributed by atoms with Crippen LogP contribution in [0, 0.1) is 0 Å². The molecule has 83 heavy (non-hydrogen) atoms. The number of hydrogen-bond acceptors (Lipinski definition) is 18. The zero-order valence-electron chi connectivity index (χ0n) is 47.5. The number of alkyl carbamates (subject to hydrolysis) is 1. The zero-order valence-corrected chi connectivity index (χ0v) is 48.3. The summed E-state index contributed by atoms with van der Waals surface area (Å²) in [6.07, 6.45) is 4.47. The molecule has 0 spiro atoms. The molecule has 11 atom stereocenters. The molecule has 1 aliphatic carbocycles. The van der Waals surface area contributed by atoms with Crippen LogP contribution in [-0.2, 0) is 68.5 Å². The Labute approximate surface area is 485 Å². The topological polar surface area (TPSA) is 376 Å². The number of nitrogens with zero attached hydrogens (tertiary/aromatic N) is 1. The van der Waals surface area contributed by atoms with Gasteiger partial charge in [-0.05, 0) is 71.4 Å². The number of aliphatic hydroxyl groups is 3.